The van der Waals surface area contributed by atoms with E-state index >= 15 is 0 Å². The van der Waals surface area contributed by atoms with Gasteiger partial charge in [0.05, 0.1) is 19.8 Å². The highest BCUT2D eigenvalue weighted by molar-refractivity contribution is 5.98. The number of aryl methyl sites for hydroxylation is 3. The van der Waals surface area contributed by atoms with Crippen LogP contribution in [0.1, 0.15) is 49.1 Å². The fraction of sp³-hybridized carbons (Fsp3) is 0.522. The maximum Gasteiger partial charge on any atom is 0.247 e. The minimum atomic E-state index is 0.0372. The molecule has 0 N–H and O–H groups in total. The monoisotopic (exact) mass is 383 g/mol. The van der Waals surface area contributed by atoms with Crippen LogP contribution in [0.15, 0.2) is 16.6 Å². The largest absolute Gasteiger partial charge is 0.493 e. The highest BCUT2D eigenvalue weighted by atomic mass is 16.5. The van der Waals surface area contributed by atoms with Crippen molar-refractivity contribution in [2.24, 2.45) is 0 Å². The van der Waals surface area contributed by atoms with E-state index in [2.05, 4.69) is 13.0 Å². The first-order chi connectivity index (χ1) is 13.6. The Morgan fingerprint density at radius 1 is 1.25 bits per heavy atom. The van der Waals surface area contributed by atoms with E-state index in [9.17, 15) is 4.79 Å². The molecule has 1 aliphatic carbocycles. The Balaban J connectivity index is 1.78. The maximum atomic E-state index is 12.7. The molecule has 5 heteroatoms. The van der Waals surface area contributed by atoms with Crippen LogP contribution in [0, 0.1) is 6.92 Å². The molecule has 5 nitrogen and oxygen atoms in total. The number of ether oxygens (including phenoxy) is 2. The van der Waals surface area contributed by atoms with Crippen LogP contribution in [0.3, 0.4) is 0 Å². The summed E-state index contributed by atoms with van der Waals surface area (Å²) < 4.78 is 17.6. The van der Waals surface area contributed by atoms with E-state index in [0.717, 1.165) is 46.6 Å². The van der Waals surface area contributed by atoms with Crippen LogP contribution in [0.25, 0.3) is 16.5 Å². The normalized spacial score (nSPS) is 17.7. The number of hydrogen-bond acceptors (Lipinski definition) is 4. The minimum Gasteiger partial charge on any atom is -0.493 e. The van der Waals surface area contributed by atoms with Crippen LogP contribution in [-0.4, -0.2) is 43.7 Å². The van der Waals surface area contributed by atoms with Crippen molar-refractivity contribution in [2.45, 2.75) is 46.5 Å². The number of furan rings is 1. The van der Waals surface area contributed by atoms with E-state index in [1.165, 1.54) is 23.8 Å². The van der Waals surface area contributed by atoms with E-state index in [4.69, 9.17) is 13.9 Å². The van der Waals surface area contributed by atoms with Gasteiger partial charge in [-0.05, 0) is 51.7 Å². The fourth-order valence-electron chi connectivity index (χ4n) is 4.30. The standard InChI is InChI=1S/C23H29NO4/c1-4-27-22-16(3)23-19(17-7-5-6-8-20(17)28-23)14-18(22)15(2)13-21(25)24-9-11-26-12-10-24/h13-14H,4-12H2,1-3H3/b15-13+. The fourth-order valence-corrected chi connectivity index (χ4v) is 4.30. The molecular weight excluding hydrogens is 354 g/mol. The van der Waals surface area contributed by atoms with Crippen molar-refractivity contribution in [3.05, 3.63) is 34.6 Å². The number of nitrogens with zero attached hydrogens (tertiary/aromatic N) is 1. The van der Waals surface area contributed by atoms with E-state index in [1.807, 2.05) is 18.7 Å². The summed E-state index contributed by atoms with van der Waals surface area (Å²) in [6.07, 6.45) is 6.19. The molecule has 0 unspecified atom stereocenters. The van der Waals surface area contributed by atoms with Crippen LogP contribution in [0.4, 0.5) is 0 Å². The summed E-state index contributed by atoms with van der Waals surface area (Å²) in [4.78, 5) is 14.6. The van der Waals surface area contributed by atoms with E-state index in [0.29, 0.717) is 32.9 Å². The van der Waals surface area contributed by atoms with Crippen molar-refractivity contribution >= 4 is 22.4 Å². The van der Waals surface area contributed by atoms with Crippen LogP contribution < -0.4 is 4.74 Å². The summed E-state index contributed by atoms with van der Waals surface area (Å²) in [5.74, 6) is 1.98. The molecule has 2 heterocycles. The number of carbonyl (C=O) groups is 1. The average molecular weight is 383 g/mol. The summed E-state index contributed by atoms with van der Waals surface area (Å²) in [5, 5.41) is 1.18. The number of fused-ring (bicyclic) bond motifs is 3. The third-order valence-electron chi connectivity index (χ3n) is 5.80. The lowest BCUT2D eigenvalue weighted by Crippen LogP contribution is -2.39. The van der Waals surface area contributed by atoms with Crippen molar-refractivity contribution in [3.8, 4) is 5.75 Å². The second-order valence-electron chi connectivity index (χ2n) is 7.66. The molecule has 0 bridgehead atoms. The van der Waals surface area contributed by atoms with Crippen LogP contribution in [0.2, 0.25) is 0 Å². The number of carbonyl (C=O) groups excluding carboxylic acids is 1. The number of morpholine rings is 1. The molecule has 1 aliphatic heterocycles. The zero-order valence-corrected chi connectivity index (χ0v) is 17.1. The summed E-state index contributed by atoms with van der Waals surface area (Å²) in [5.41, 5.74) is 5.21. The second-order valence-corrected chi connectivity index (χ2v) is 7.66. The van der Waals surface area contributed by atoms with Crippen LogP contribution in [-0.2, 0) is 22.4 Å². The molecule has 150 valence electrons. The van der Waals surface area contributed by atoms with Gasteiger partial charge in [-0.15, -0.1) is 0 Å². The second kappa shape index (κ2) is 8.00. The van der Waals surface area contributed by atoms with Gasteiger partial charge in [0.1, 0.15) is 17.1 Å². The summed E-state index contributed by atoms with van der Waals surface area (Å²) in [6, 6.07) is 2.17. The lowest BCUT2D eigenvalue weighted by Gasteiger charge is -2.26. The van der Waals surface area contributed by atoms with Gasteiger partial charge in [0.2, 0.25) is 5.91 Å². The first-order valence-electron chi connectivity index (χ1n) is 10.4. The van der Waals surface area contributed by atoms with Gasteiger partial charge in [-0.25, -0.2) is 0 Å². The Bertz CT molecular complexity index is 919. The topological polar surface area (TPSA) is 51.9 Å². The van der Waals surface area contributed by atoms with Gasteiger partial charge >= 0.3 is 0 Å². The molecule has 1 saturated heterocycles. The number of hydrogen-bond donors (Lipinski definition) is 0. The predicted molar refractivity (Wildman–Crippen MR) is 110 cm³/mol. The molecule has 4 rings (SSSR count). The van der Waals surface area contributed by atoms with Gasteiger partial charge in [-0.2, -0.15) is 0 Å². The number of rotatable bonds is 4. The summed E-state index contributed by atoms with van der Waals surface area (Å²) in [7, 11) is 0. The van der Waals surface area contributed by atoms with E-state index < -0.39 is 0 Å². The van der Waals surface area contributed by atoms with Gasteiger partial charge in [0.25, 0.3) is 0 Å². The van der Waals surface area contributed by atoms with Crippen LogP contribution in [0.5, 0.6) is 5.75 Å². The van der Waals surface area contributed by atoms with Gasteiger partial charge in [-0.1, -0.05) is 0 Å². The van der Waals surface area contributed by atoms with Crippen molar-refractivity contribution in [1.82, 2.24) is 4.90 Å². The van der Waals surface area contributed by atoms with Gasteiger partial charge in [0.15, 0.2) is 0 Å². The Kier molecular flexibility index (Phi) is 5.44. The first kappa shape index (κ1) is 19.1. The van der Waals surface area contributed by atoms with Crippen molar-refractivity contribution in [2.75, 3.05) is 32.9 Å². The van der Waals surface area contributed by atoms with Gasteiger partial charge < -0.3 is 18.8 Å². The lowest BCUT2D eigenvalue weighted by molar-refractivity contribution is -0.129. The summed E-state index contributed by atoms with van der Waals surface area (Å²) in [6.45, 7) is 9.12. The molecule has 0 radical (unpaired) electrons. The molecule has 2 aliphatic rings. The number of benzene rings is 1. The zero-order valence-electron chi connectivity index (χ0n) is 17.1. The van der Waals surface area contributed by atoms with Crippen molar-refractivity contribution < 1.29 is 18.7 Å². The molecule has 1 aromatic carbocycles. The van der Waals surface area contributed by atoms with Crippen LogP contribution >= 0.6 is 0 Å². The molecule has 2 aromatic rings. The Labute approximate surface area is 166 Å². The molecular formula is C23H29NO4. The Morgan fingerprint density at radius 2 is 2.00 bits per heavy atom. The Hall–Kier alpha value is -2.27. The predicted octanol–water partition coefficient (Wildman–Crippen LogP) is 4.28. The number of amides is 1. The third kappa shape index (κ3) is 3.44. The summed E-state index contributed by atoms with van der Waals surface area (Å²) >= 11 is 0. The molecule has 1 aromatic heterocycles. The van der Waals surface area contributed by atoms with Crippen molar-refractivity contribution in [3.63, 3.8) is 0 Å². The molecule has 1 amide bonds. The maximum absolute atomic E-state index is 12.7. The Morgan fingerprint density at radius 3 is 2.75 bits per heavy atom. The SMILES string of the molecule is CCOc1c(/C(C)=C/C(=O)N2CCOCC2)cc2c3c(oc2c1C)CCCC3. The molecule has 28 heavy (non-hydrogen) atoms. The first-order valence-corrected chi connectivity index (χ1v) is 10.4. The third-order valence-corrected chi connectivity index (χ3v) is 5.80. The van der Waals surface area contributed by atoms with E-state index in [-0.39, 0.29) is 5.91 Å². The molecule has 0 saturated carbocycles. The molecule has 0 atom stereocenters. The van der Waals surface area contributed by atoms with Gasteiger partial charge in [0, 0.05) is 47.7 Å². The highest BCUT2D eigenvalue weighted by Crippen LogP contribution is 2.41. The lowest BCUT2D eigenvalue weighted by atomic mass is 9.93. The molecule has 1 fully saturated rings. The van der Waals surface area contributed by atoms with E-state index in [1.54, 1.807) is 6.08 Å². The number of allylic oxidation sites excluding steroid dienone is 1. The zero-order chi connectivity index (χ0) is 19.7. The van der Waals surface area contributed by atoms with Gasteiger partial charge in [-0.3, -0.25) is 4.79 Å². The average Bonchev–Trinajstić information content (AvgIpc) is 3.09. The quantitative estimate of drug-likeness (QED) is 0.740. The highest BCUT2D eigenvalue weighted by Gasteiger charge is 2.23. The smallest absolute Gasteiger partial charge is 0.247 e. The van der Waals surface area contributed by atoms with Crippen molar-refractivity contribution in [1.29, 1.82) is 0 Å². The molecule has 0 spiro atoms. The minimum absolute atomic E-state index is 0.0372.